The van der Waals surface area contributed by atoms with Crippen molar-refractivity contribution in [2.24, 2.45) is 0 Å². The van der Waals surface area contributed by atoms with Gasteiger partial charge in [0.25, 0.3) is 11.8 Å². The van der Waals surface area contributed by atoms with Crippen molar-refractivity contribution in [2.75, 3.05) is 24.3 Å². The molecule has 0 aliphatic carbocycles. The molecule has 0 unspecified atom stereocenters. The van der Waals surface area contributed by atoms with Gasteiger partial charge >= 0.3 is 0 Å². The Morgan fingerprint density at radius 3 is 2.27 bits per heavy atom. The van der Waals surface area contributed by atoms with E-state index in [1.54, 1.807) is 30.3 Å². The first-order valence-corrected chi connectivity index (χ1v) is 10.0. The van der Waals surface area contributed by atoms with Crippen LogP contribution in [-0.2, 0) is 6.54 Å². The van der Waals surface area contributed by atoms with Crippen LogP contribution in [0.3, 0.4) is 0 Å². The van der Waals surface area contributed by atoms with E-state index in [-0.39, 0.29) is 16.8 Å². The van der Waals surface area contributed by atoms with E-state index >= 15 is 0 Å². The minimum atomic E-state index is -0.384. The van der Waals surface area contributed by atoms with E-state index in [0.29, 0.717) is 28.4 Å². The van der Waals surface area contributed by atoms with E-state index in [1.807, 2.05) is 49.3 Å². The Balaban J connectivity index is 1.81. The maximum absolute atomic E-state index is 12.9. The molecule has 0 heterocycles. The van der Waals surface area contributed by atoms with Crippen molar-refractivity contribution >= 4 is 46.4 Å². The molecule has 2 amide bonds. The normalized spacial score (nSPS) is 10.4. The van der Waals surface area contributed by atoms with E-state index in [2.05, 4.69) is 10.6 Å². The highest BCUT2D eigenvalue weighted by Crippen LogP contribution is 2.25. The average Bonchev–Trinajstić information content (AvgIpc) is 2.72. The second-order valence-corrected chi connectivity index (χ2v) is 7.72. The number of hydrogen-bond acceptors (Lipinski definition) is 3. The molecule has 0 spiro atoms. The summed E-state index contributed by atoms with van der Waals surface area (Å²) in [4.78, 5) is 27.3. The molecule has 3 rings (SSSR count). The molecular formula is C23H21Cl2N3O2. The number of hydrogen-bond donors (Lipinski definition) is 2. The number of nitrogens with one attached hydrogen (secondary N) is 2. The summed E-state index contributed by atoms with van der Waals surface area (Å²) >= 11 is 12.0. The molecule has 30 heavy (non-hydrogen) atoms. The minimum absolute atomic E-state index is 0.233. The molecule has 7 heteroatoms. The van der Waals surface area contributed by atoms with Gasteiger partial charge in [-0.2, -0.15) is 0 Å². The molecule has 0 aromatic heterocycles. The lowest BCUT2D eigenvalue weighted by molar-refractivity contribution is 0.0950. The molecule has 0 radical (unpaired) electrons. The molecule has 3 aromatic carbocycles. The van der Waals surface area contributed by atoms with Crippen LogP contribution in [0.15, 0.2) is 66.7 Å². The van der Waals surface area contributed by atoms with Crippen molar-refractivity contribution < 1.29 is 9.59 Å². The first kappa shape index (κ1) is 21.7. The first-order valence-electron chi connectivity index (χ1n) is 9.25. The molecule has 0 saturated heterocycles. The number of halogens is 2. The van der Waals surface area contributed by atoms with Crippen LogP contribution in [0.5, 0.6) is 0 Å². The third-order valence-electron chi connectivity index (χ3n) is 4.45. The number of benzene rings is 3. The summed E-state index contributed by atoms with van der Waals surface area (Å²) in [6.45, 7) is 0.406. The molecule has 0 saturated carbocycles. The quantitative estimate of drug-likeness (QED) is 0.549. The van der Waals surface area contributed by atoms with Gasteiger partial charge in [-0.05, 0) is 42.0 Å². The number of carbonyl (C=O) groups is 2. The summed E-state index contributed by atoms with van der Waals surface area (Å²) in [6, 6.07) is 19.5. The Bertz CT molecular complexity index is 1070. The van der Waals surface area contributed by atoms with Crippen LogP contribution >= 0.6 is 23.2 Å². The Kier molecular flexibility index (Phi) is 6.98. The largest absolute Gasteiger partial charge is 0.377 e. The van der Waals surface area contributed by atoms with Gasteiger partial charge in [-0.3, -0.25) is 9.59 Å². The van der Waals surface area contributed by atoms with Crippen LogP contribution in [0.25, 0.3) is 0 Å². The zero-order valence-electron chi connectivity index (χ0n) is 16.6. The summed E-state index contributed by atoms with van der Waals surface area (Å²) in [5.74, 6) is -0.618. The number of carbonyl (C=O) groups excluding carboxylic acids is 2. The van der Waals surface area contributed by atoms with Gasteiger partial charge in [-0.15, -0.1) is 0 Å². The summed E-state index contributed by atoms with van der Waals surface area (Å²) < 4.78 is 0. The number of rotatable bonds is 6. The predicted octanol–water partition coefficient (Wildman–Crippen LogP) is 5.24. The lowest BCUT2D eigenvalue weighted by Gasteiger charge is -2.19. The maximum atomic E-state index is 12.9. The third kappa shape index (κ3) is 5.32. The number of nitrogens with zero attached hydrogens (tertiary/aromatic N) is 1. The summed E-state index contributed by atoms with van der Waals surface area (Å²) in [5.41, 5.74) is 2.98. The zero-order valence-corrected chi connectivity index (χ0v) is 18.1. The molecule has 5 nitrogen and oxygen atoms in total. The van der Waals surface area contributed by atoms with E-state index in [0.717, 1.165) is 11.3 Å². The monoisotopic (exact) mass is 441 g/mol. The van der Waals surface area contributed by atoms with Crippen LogP contribution in [-0.4, -0.2) is 25.9 Å². The Hall–Kier alpha value is -3.02. The fraction of sp³-hybridized carbons (Fsp3) is 0.130. The first-order chi connectivity index (χ1) is 14.3. The van der Waals surface area contributed by atoms with E-state index < -0.39 is 0 Å². The van der Waals surface area contributed by atoms with Crippen LogP contribution in [0, 0.1) is 0 Å². The molecule has 0 fully saturated rings. The van der Waals surface area contributed by atoms with Crippen molar-refractivity contribution in [3.8, 4) is 0 Å². The Morgan fingerprint density at radius 2 is 1.60 bits per heavy atom. The molecule has 0 atom stereocenters. The summed E-state index contributed by atoms with van der Waals surface area (Å²) in [5, 5.41) is 6.42. The van der Waals surface area contributed by atoms with Crippen LogP contribution in [0.1, 0.15) is 26.3 Å². The molecule has 0 aliphatic rings. The number of amides is 2. The Morgan fingerprint density at radius 1 is 0.867 bits per heavy atom. The van der Waals surface area contributed by atoms with Gasteiger partial charge < -0.3 is 15.5 Å². The fourth-order valence-corrected chi connectivity index (χ4v) is 3.43. The average molecular weight is 442 g/mol. The lowest BCUT2D eigenvalue weighted by Crippen LogP contribution is -2.25. The third-order valence-corrected chi connectivity index (χ3v) is 5.00. The van der Waals surface area contributed by atoms with E-state index in [1.165, 1.54) is 6.07 Å². The SMILES string of the molecule is CN(C)c1ccc(NC(=O)c2ccc(Cl)cc2Cl)cc1C(=O)NCc1ccccc1. The number of anilines is 2. The van der Waals surface area contributed by atoms with Crippen molar-refractivity contribution in [1.82, 2.24) is 5.32 Å². The standard InChI is InChI=1S/C23H21Cl2N3O2/c1-28(2)21-11-9-17(27-23(30)18-10-8-16(24)12-20(18)25)13-19(21)22(29)26-14-15-6-4-3-5-7-15/h3-13H,14H2,1-2H3,(H,26,29)(H,27,30). The van der Waals surface area contributed by atoms with E-state index in [9.17, 15) is 9.59 Å². The summed E-state index contributed by atoms with van der Waals surface area (Å²) in [7, 11) is 3.71. The van der Waals surface area contributed by atoms with E-state index in [4.69, 9.17) is 23.2 Å². The maximum Gasteiger partial charge on any atom is 0.257 e. The highest BCUT2D eigenvalue weighted by atomic mass is 35.5. The zero-order chi connectivity index (χ0) is 21.7. The second-order valence-electron chi connectivity index (χ2n) is 6.87. The molecular weight excluding hydrogens is 421 g/mol. The molecule has 0 aliphatic heterocycles. The van der Waals surface area contributed by atoms with Gasteiger partial charge in [0, 0.05) is 37.0 Å². The van der Waals surface area contributed by atoms with Gasteiger partial charge in [0.1, 0.15) is 0 Å². The summed E-state index contributed by atoms with van der Waals surface area (Å²) in [6.07, 6.45) is 0. The Labute approximate surface area is 185 Å². The van der Waals surface area contributed by atoms with Crippen molar-refractivity contribution in [3.05, 3.63) is 93.5 Å². The molecule has 2 N–H and O–H groups in total. The highest BCUT2D eigenvalue weighted by molar-refractivity contribution is 6.37. The molecule has 0 bridgehead atoms. The highest BCUT2D eigenvalue weighted by Gasteiger charge is 2.16. The van der Waals surface area contributed by atoms with Gasteiger partial charge in [0.15, 0.2) is 0 Å². The van der Waals surface area contributed by atoms with Crippen LogP contribution < -0.4 is 15.5 Å². The van der Waals surface area contributed by atoms with Crippen molar-refractivity contribution in [2.45, 2.75) is 6.54 Å². The minimum Gasteiger partial charge on any atom is -0.377 e. The molecule has 154 valence electrons. The van der Waals surface area contributed by atoms with Crippen LogP contribution in [0.2, 0.25) is 10.0 Å². The smallest absolute Gasteiger partial charge is 0.257 e. The van der Waals surface area contributed by atoms with Crippen molar-refractivity contribution in [3.63, 3.8) is 0 Å². The van der Waals surface area contributed by atoms with Gasteiger partial charge in [0.2, 0.25) is 0 Å². The topological polar surface area (TPSA) is 61.4 Å². The molecule has 3 aromatic rings. The van der Waals surface area contributed by atoms with Crippen LogP contribution in [0.4, 0.5) is 11.4 Å². The lowest BCUT2D eigenvalue weighted by atomic mass is 10.1. The fourth-order valence-electron chi connectivity index (χ4n) is 2.93. The predicted molar refractivity (Wildman–Crippen MR) is 123 cm³/mol. The van der Waals surface area contributed by atoms with Gasteiger partial charge in [-0.1, -0.05) is 53.5 Å². The van der Waals surface area contributed by atoms with Gasteiger partial charge in [0.05, 0.1) is 16.1 Å². The second kappa shape index (κ2) is 9.65. The van der Waals surface area contributed by atoms with Gasteiger partial charge in [-0.25, -0.2) is 0 Å². The van der Waals surface area contributed by atoms with Crippen molar-refractivity contribution in [1.29, 1.82) is 0 Å².